The number of aromatic nitrogens is 2. The van der Waals surface area contributed by atoms with Crippen molar-refractivity contribution < 1.29 is 14.4 Å². The summed E-state index contributed by atoms with van der Waals surface area (Å²) in [6.45, 7) is 2.41. The molecule has 2 saturated heterocycles. The molecule has 1 atom stereocenters. The summed E-state index contributed by atoms with van der Waals surface area (Å²) in [6.07, 6.45) is 3.28. The van der Waals surface area contributed by atoms with Crippen LogP contribution in [0.4, 0.5) is 17.5 Å². The zero-order chi connectivity index (χ0) is 23.5. The van der Waals surface area contributed by atoms with Crippen LogP contribution in [0, 0.1) is 0 Å². The molecule has 1 aromatic carbocycles. The van der Waals surface area contributed by atoms with Gasteiger partial charge in [-0.05, 0) is 31.0 Å². The van der Waals surface area contributed by atoms with Crippen LogP contribution in [0.1, 0.15) is 33.6 Å². The van der Waals surface area contributed by atoms with E-state index < -0.39 is 5.91 Å². The van der Waals surface area contributed by atoms with Crippen LogP contribution in [0.25, 0.3) is 0 Å². The van der Waals surface area contributed by atoms with Crippen molar-refractivity contribution in [3.8, 4) is 0 Å². The minimum absolute atomic E-state index is 0.0405. The first-order valence-electron chi connectivity index (χ1n) is 10.9. The molecule has 4 rings (SSSR count). The van der Waals surface area contributed by atoms with Crippen LogP contribution in [0.3, 0.4) is 0 Å². The van der Waals surface area contributed by atoms with Crippen molar-refractivity contribution >= 4 is 35.2 Å². The summed E-state index contributed by atoms with van der Waals surface area (Å²) in [5.41, 5.74) is 12.7. The highest BCUT2D eigenvalue weighted by molar-refractivity contribution is 5.99. The number of likely N-dealkylation sites (N-methyl/N-ethyl adjacent to an activating group) is 1. The molecule has 0 radical (unpaired) electrons. The lowest BCUT2D eigenvalue weighted by Gasteiger charge is -2.32. The number of benzene rings is 1. The third-order valence-corrected chi connectivity index (χ3v) is 5.90. The van der Waals surface area contributed by atoms with Gasteiger partial charge in [-0.3, -0.25) is 14.4 Å². The fraction of sp³-hybridized carbons (Fsp3) is 0.409. The molecule has 0 bridgehead atoms. The Bertz CT molecular complexity index is 1080. The monoisotopic (exact) mass is 452 g/mol. The number of amides is 3. The predicted octanol–water partition coefficient (Wildman–Crippen LogP) is 0.161. The average Bonchev–Trinajstić information content (AvgIpc) is 2.80. The molecule has 3 heterocycles. The Kier molecular flexibility index (Phi) is 6.40. The van der Waals surface area contributed by atoms with Crippen LogP contribution in [-0.2, 0) is 4.79 Å². The van der Waals surface area contributed by atoms with E-state index in [-0.39, 0.29) is 35.8 Å². The van der Waals surface area contributed by atoms with E-state index in [0.717, 1.165) is 19.4 Å². The van der Waals surface area contributed by atoms with Crippen LogP contribution in [0.5, 0.6) is 0 Å². The van der Waals surface area contributed by atoms with Crippen molar-refractivity contribution in [2.24, 2.45) is 11.5 Å². The van der Waals surface area contributed by atoms with E-state index in [9.17, 15) is 14.4 Å². The molecule has 2 aromatic rings. The predicted molar refractivity (Wildman–Crippen MR) is 123 cm³/mol. The number of rotatable bonds is 5. The van der Waals surface area contributed by atoms with Gasteiger partial charge in [-0.1, -0.05) is 6.07 Å². The highest BCUT2D eigenvalue weighted by Gasteiger charge is 2.26. The highest BCUT2D eigenvalue weighted by atomic mass is 16.2. The van der Waals surface area contributed by atoms with E-state index in [1.807, 2.05) is 4.90 Å². The Morgan fingerprint density at radius 2 is 2.03 bits per heavy atom. The van der Waals surface area contributed by atoms with E-state index in [2.05, 4.69) is 15.3 Å². The second kappa shape index (κ2) is 9.41. The second-order valence-electron chi connectivity index (χ2n) is 8.39. The third kappa shape index (κ3) is 5.03. The summed E-state index contributed by atoms with van der Waals surface area (Å²) >= 11 is 0. The summed E-state index contributed by atoms with van der Waals surface area (Å²) in [5, 5.41) is 3.10. The number of piperidine rings is 1. The number of nitrogens with zero attached hydrogens (tertiary/aromatic N) is 5. The number of nitrogens with two attached hydrogens (primary N) is 2. The lowest BCUT2D eigenvalue weighted by molar-refractivity contribution is -0.133. The molecule has 11 nitrogen and oxygen atoms in total. The van der Waals surface area contributed by atoms with Gasteiger partial charge in [0.25, 0.3) is 11.8 Å². The van der Waals surface area contributed by atoms with Crippen molar-refractivity contribution in [2.75, 3.05) is 50.0 Å². The highest BCUT2D eigenvalue weighted by Crippen LogP contribution is 2.24. The first kappa shape index (κ1) is 22.5. The Labute approximate surface area is 191 Å². The van der Waals surface area contributed by atoms with Gasteiger partial charge in [-0.25, -0.2) is 4.98 Å². The molecule has 0 spiro atoms. The SMILES string of the molecule is CN1CCN(C(=O)c2cccc(Nc3nc(N4CCCC(N)C4)ncc3C(N)=O)c2)CC1=O. The molecular weight excluding hydrogens is 424 g/mol. The minimum atomic E-state index is -0.664. The lowest BCUT2D eigenvalue weighted by atomic mass is 10.1. The van der Waals surface area contributed by atoms with Crippen LogP contribution < -0.4 is 21.7 Å². The molecule has 174 valence electrons. The largest absolute Gasteiger partial charge is 0.365 e. The van der Waals surface area contributed by atoms with Crippen molar-refractivity contribution in [3.05, 3.63) is 41.6 Å². The van der Waals surface area contributed by atoms with E-state index in [4.69, 9.17) is 11.5 Å². The van der Waals surface area contributed by atoms with Gasteiger partial charge < -0.3 is 31.5 Å². The molecule has 11 heteroatoms. The number of nitrogens with one attached hydrogen (secondary N) is 1. The molecule has 2 aliphatic heterocycles. The van der Waals surface area contributed by atoms with Crippen LogP contribution in [-0.4, -0.2) is 83.3 Å². The number of hydrogen-bond acceptors (Lipinski definition) is 8. The first-order valence-corrected chi connectivity index (χ1v) is 10.9. The molecule has 0 saturated carbocycles. The third-order valence-electron chi connectivity index (χ3n) is 5.90. The van der Waals surface area contributed by atoms with E-state index in [1.54, 1.807) is 36.2 Å². The molecule has 33 heavy (non-hydrogen) atoms. The Hall–Kier alpha value is -3.73. The van der Waals surface area contributed by atoms with Gasteiger partial charge in [0.2, 0.25) is 11.9 Å². The molecule has 5 N–H and O–H groups in total. The maximum atomic E-state index is 12.9. The van der Waals surface area contributed by atoms with E-state index >= 15 is 0 Å². The zero-order valence-electron chi connectivity index (χ0n) is 18.5. The summed E-state index contributed by atoms with van der Waals surface area (Å²) in [7, 11) is 1.72. The Morgan fingerprint density at radius 3 is 2.76 bits per heavy atom. The molecule has 0 aliphatic carbocycles. The van der Waals surface area contributed by atoms with Crippen molar-refractivity contribution in [1.29, 1.82) is 0 Å². The maximum absolute atomic E-state index is 12.9. The average molecular weight is 453 g/mol. The fourth-order valence-electron chi connectivity index (χ4n) is 3.97. The quantitative estimate of drug-likeness (QED) is 0.580. The lowest BCUT2D eigenvalue weighted by Crippen LogP contribution is -2.50. The molecular formula is C22H28N8O3. The Morgan fingerprint density at radius 1 is 1.21 bits per heavy atom. The number of carbonyl (C=O) groups is 3. The smallest absolute Gasteiger partial charge is 0.254 e. The van der Waals surface area contributed by atoms with Gasteiger partial charge in [0.05, 0.1) is 0 Å². The summed E-state index contributed by atoms with van der Waals surface area (Å²) in [4.78, 5) is 50.8. The Balaban J connectivity index is 1.57. The number of carbonyl (C=O) groups excluding carboxylic acids is 3. The minimum Gasteiger partial charge on any atom is -0.365 e. The molecule has 2 fully saturated rings. The van der Waals surface area contributed by atoms with Gasteiger partial charge in [0.1, 0.15) is 17.9 Å². The van der Waals surface area contributed by atoms with Crippen LogP contribution in [0.2, 0.25) is 0 Å². The van der Waals surface area contributed by atoms with Gasteiger partial charge in [0.15, 0.2) is 0 Å². The number of hydrogen-bond donors (Lipinski definition) is 3. The number of primary amides is 1. The molecule has 1 aromatic heterocycles. The van der Waals surface area contributed by atoms with Gasteiger partial charge in [0, 0.05) is 56.7 Å². The van der Waals surface area contributed by atoms with Gasteiger partial charge in [-0.2, -0.15) is 4.98 Å². The van der Waals surface area contributed by atoms with Crippen molar-refractivity contribution in [2.45, 2.75) is 18.9 Å². The molecule has 3 amide bonds. The summed E-state index contributed by atoms with van der Waals surface area (Å²) in [6, 6.07) is 6.87. The molecule has 1 unspecified atom stereocenters. The summed E-state index contributed by atoms with van der Waals surface area (Å²) in [5.74, 6) is -0.281. The number of anilines is 3. The standard InChI is InChI=1S/C22H28N8O3/c1-28-8-9-29(13-18(28)31)21(33)14-4-2-6-16(10-14)26-20-17(19(24)32)11-25-22(27-20)30-7-3-5-15(23)12-30/h2,4,6,10-11,15H,3,5,7-9,12-13,23H2,1H3,(H2,24,32)(H,25,26,27). The fourth-order valence-corrected chi connectivity index (χ4v) is 3.97. The maximum Gasteiger partial charge on any atom is 0.254 e. The van der Waals surface area contributed by atoms with Crippen LogP contribution in [0.15, 0.2) is 30.5 Å². The summed E-state index contributed by atoms with van der Waals surface area (Å²) < 4.78 is 0. The van der Waals surface area contributed by atoms with Crippen molar-refractivity contribution in [1.82, 2.24) is 19.8 Å². The molecule has 2 aliphatic rings. The second-order valence-corrected chi connectivity index (χ2v) is 8.39. The van der Waals surface area contributed by atoms with Gasteiger partial charge in [-0.15, -0.1) is 0 Å². The van der Waals surface area contributed by atoms with Gasteiger partial charge >= 0.3 is 0 Å². The zero-order valence-corrected chi connectivity index (χ0v) is 18.5. The van der Waals surface area contributed by atoms with Crippen LogP contribution >= 0.6 is 0 Å². The first-order chi connectivity index (χ1) is 15.8. The van der Waals surface area contributed by atoms with Crippen molar-refractivity contribution in [3.63, 3.8) is 0 Å². The topological polar surface area (TPSA) is 151 Å². The van der Waals surface area contributed by atoms with E-state index in [1.165, 1.54) is 11.1 Å². The number of piperazine rings is 1. The normalized spacial score (nSPS) is 18.9. The van der Waals surface area contributed by atoms with E-state index in [0.29, 0.717) is 36.8 Å².